The van der Waals surface area contributed by atoms with Gasteiger partial charge in [-0.1, -0.05) is 30.3 Å². The molecule has 0 heterocycles. The van der Waals surface area contributed by atoms with E-state index in [1.807, 2.05) is 0 Å². The van der Waals surface area contributed by atoms with Crippen molar-refractivity contribution in [2.24, 2.45) is 23.7 Å². The first kappa shape index (κ1) is 11.0. The van der Waals surface area contributed by atoms with Gasteiger partial charge in [0.1, 0.15) is 0 Å². The Labute approximate surface area is 110 Å². The van der Waals surface area contributed by atoms with Gasteiger partial charge >= 0.3 is 0 Å². The second-order valence-electron chi connectivity index (χ2n) is 6.81. The Kier molecular flexibility index (Phi) is 2.69. The molecule has 5 atom stereocenters. The van der Waals surface area contributed by atoms with Crippen LogP contribution in [0.25, 0.3) is 0 Å². The van der Waals surface area contributed by atoms with Crippen LogP contribution in [0.1, 0.15) is 37.7 Å². The largest absolute Gasteiger partial charge is 0.310 e. The fraction of sp³-hybridized carbons (Fsp3) is 0.647. The third kappa shape index (κ3) is 1.89. The lowest BCUT2D eigenvalue weighted by Gasteiger charge is -2.40. The first-order valence-electron chi connectivity index (χ1n) is 7.66. The number of hydrogen-bond acceptors (Lipinski definition) is 1. The number of fused-ring (bicyclic) bond motifs is 2. The van der Waals surface area contributed by atoms with Crippen LogP contribution >= 0.6 is 0 Å². The summed E-state index contributed by atoms with van der Waals surface area (Å²) in [5.41, 5.74) is 1.44. The van der Waals surface area contributed by atoms with E-state index in [1.54, 1.807) is 12.8 Å². The van der Waals surface area contributed by atoms with Crippen LogP contribution in [0, 0.1) is 23.7 Å². The summed E-state index contributed by atoms with van der Waals surface area (Å²) < 4.78 is 0. The van der Waals surface area contributed by atoms with Gasteiger partial charge in [0.05, 0.1) is 0 Å². The zero-order chi connectivity index (χ0) is 11.9. The van der Waals surface area contributed by atoms with Gasteiger partial charge < -0.3 is 5.32 Å². The summed E-state index contributed by atoms with van der Waals surface area (Å²) in [6, 6.07) is 11.7. The zero-order valence-corrected chi connectivity index (χ0v) is 11.0. The van der Waals surface area contributed by atoms with Crippen LogP contribution in [0.15, 0.2) is 30.3 Å². The summed E-state index contributed by atoms with van der Waals surface area (Å²) >= 11 is 0. The smallest absolute Gasteiger partial charge is 0.0208 e. The highest BCUT2D eigenvalue weighted by Gasteiger charge is 2.48. The lowest BCUT2D eigenvalue weighted by atomic mass is 9.70. The second kappa shape index (κ2) is 4.38. The molecule has 0 spiro atoms. The van der Waals surface area contributed by atoms with Crippen molar-refractivity contribution in [2.75, 3.05) is 0 Å². The van der Waals surface area contributed by atoms with Crippen molar-refractivity contribution in [3.8, 4) is 0 Å². The minimum absolute atomic E-state index is 0.807. The van der Waals surface area contributed by atoms with Crippen molar-refractivity contribution in [3.05, 3.63) is 35.9 Å². The van der Waals surface area contributed by atoms with Crippen LogP contribution < -0.4 is 5.32 Å². The second-order valence-corrected chi connectivity index (χ2v) is 6.81. The Balaban J connectivity index is 1.43. The van der Waals surface area contributed by atoms with Gasteiger partial charge in [-0.25, -0.2) is 0 Å². The number of rotatable bonds is 3. The molecule has 3 bridgehead atoms. The van der Waals surface area contributed by atoms with E-state index >= 15 is 0 Å². The van der Waals surface area contributed by atoms with E-state index in [1.165, 1.54) is 24.8 Å². The van der Waals surface area contributed by atoms with Crippen molar-refractivity contribution >= 4 is 0 Å². The van der Waals surface area contributed by atoms with Crippen molar-refractivity contribution < 1.29 is 0 Å². The zero-order valence-electron chi connectivity index (χ0n) is 11.0. The molecule has 1 nitrogen and oxygen atoms in total. The molecule has 0 aromatic heterocycles. The van der Waals surface area contributed by atoms with Gasteiger partial charge in [0.25, 0.3) is 0 Å². The molecule has 3 aliphatic carbocycles. The molecule has 1 aromatic carbocycles. The third-order valence-electron chi connectivity index (χ3n) is 5.67. The lowest BCUT2D eigenvalue weighted by Crippen LogP contribution is -2.42. The number of nitrogens with one attached hydrogen (secondary N) is 1. The molecule has 96 valence electrons. The van der Waals surface area contributed by atoms with Gasteiger partial charge in [-0.2, -0.15) is 0 Å². The average molecular weight is 241 g/mol. The first-order valence-corrected chi connectivity index (χ1v) is 7.66. The van der Waals surface area contributed by atoms with Gasteiger partial charge in [0, 0.05) is 12.6 Å². The highest BCUT2D eigenvalue weighted by atomic mass is 14.9. The van der Waals surface area contributed by atoms with E-state index in [0.717, 1.165) is 36.3 Å². The molecule has 1 N–H and O–H groups in total. The molecule has 0 radical (unpaired) electrons. The molecule has 1 heteroatoms. The maximum absolute atomic E-state index is 3.87. The van der Waals surface area contributed by atoms with E-state index in [9.17, 15) is 0 Å². The van der Waals surface area contributed by atoms with Crippen LogP contribution in [0.4, 0.5) is 0 Å². The highest BCUT2D eigenvalue weighted by molar-refractivity contribution is 5.14. The Bertz CT molecular complexity index is 411. The average Bonchev–Trinajstić information content (AvgIpc) is 2.63. The summed E-state index contributed by atoms with van der Waals surface area (Å²) in [6.45, 7) is 1.06. The maximum Gasteiger partial charge on any atom is 0.0208 e. The van der Waals surface area contributed by atoms with Gasteiger partial charge in [-0.05, 0) is 61.3 Å². The molecule has 0 saturated heterocycles. The lowest BCUT2D eigenvalue weighted by molar-refractivity contribution is 0.136. The summed E-state index contributed by atoms with van der Waals surface area (Å²) in [5, 5.41) is 3.87. The molecule has 18 heavy (non-hydrogen) atoms. The molecule has 0 amide bonds. The van der Waals surface area contributed by atoms with Gasteiger partial charge in [-0.3, -0.25) is 0 Å². The Morgan fingerprint density at radius 2 is 1.67 bits per heavy atom. The number of hydrogen-bond donors (Lipinski definition) is 1. The predicted molar refractivity (Wildman–Crippen MR) is 74.1 cm³/mol. The molecule has 3 fully saturated rings. The Hall–Kier alpha value is -0.820. The minimum atomic E-state index is 0.807. The van der Waals surface area contributed by atoms with Crippen LogP contribution in [0.3, 0.4) is 0 Å². The molecule has 0 aliphatic heterocycles. The quantitative estimate of drug-likeness (QED) is 0.852. The SMILES string of the molecule is c1ccc(CN[C@@H]2C[C@H]3C[C@@H]4C[C@H](C3)[C@H]2C4)cc1. The van der Waals surface area contributed by atoms with Crippen LogP contribution in [0.5, 0.6) is 0 Å². The molecule has 0 unspecified atom stereocenters. The molecule has 1 aromatic rings. The van der Waals surface area contributed by atoms with Gasteiger partial charge in [0.15, 0.2) is 0 Å². The first-order chi connectivity index (χ1) is 8.88. The summed E-state index contributed by atoms with van der Waals surface area (Å²) in [5.74, 6) is 4.19. The summed E-state index contributed by atoms with van der Waals surface area (Å²) in [6.07, 6.45) is 7.60. The predicted octanol–water partition coefficient (Wildman–Crippen LogP) is 3.60. The summed E-state index contributed by atoms with van der Waals surface area (Å²) in [4.78, 5) is 0. The van der Waals surface area contributed by atoms with Crippen molar-refractivity contribution in [2.45, 2.75) is 44.7 Å². The molecule has 3 saturated carbocycles. The summed E-state index contributed by atoms with van der Waals surface area (Å²) in [7, 11) is 0. The minimum Gasteiger partial charge on any atom is -0.310 e. The van der Waals surface area contributed by atoms with Gasteiger partial charge in [0.2, 0.25) is 0 Å². The van der Waals surface area contributed by atoms with E-state index in [4.69, 9.17) is 0 Å². The number of benzene rings is 1. The van der Waals surface area contributed by atoms with Gasteiger partial charge in [-0.15, -0.1) is 0 Å². The highest BCUT2D eigenvalue weighted by Crippen LogP contribution is 2.55. The molecular weight excluding hydrogens is 218 g/mol. The fourth-order valence-corrected chi connectivity index (χ4v) is 5.03. The molecule has 4 rings (SSSR count). The topological polar surface area (TPSA) is 12.0 Å². The Morgan fingerprint density at radius 1 is 0.889 bits per heavy atom. The van der Waals surface area contributed by atoms with Crippen molar-refractivity contribution in [1.82, 2.24) is 5.32 Å². The third-order valence-corrected chi connectivity index (χ3v) is 5.67. The normalized spacial score (nSPS) is 41.2. The maximum atomic E-state index is 3.87. The van der Waals surface area contributed by atoms with E-state index in [0.29, 0.717) is 0 Å². The van der Waals surface area contributed by atoms with E-state index < -0.39 is 0 Å². The van der Waals surface area contributed by atoms with E-state index in [2.05, 4.69) is 35.6 Å². The van der Waals surface area contributed by atoms with Crippen LogP contribution in [-0.4, -0.2) is 6.04 Å². The molecular formula is C17H23N. The fourth-order valence-electron chi connectivity index (χ4n) is 5.03. The molecule has 3 aliphatic rings. The Morgan fingerprint density at radius 3 is 2.50 bits per heavy atom. The van der Waals surface area contributed by atoms with Crippen LogP contribution in [-0.2, 0) is 6.54 Å². The van der Waals surface area contributed by atoms with Crippen molar-refractivity contribution in [3.63, 3.8) is 0 Å². The monoisotopic (exact) mass is 241 g/mol. The van der Waals surface area contributed by atoms with Crippen molar-refractivity contribution in [1.29, 1.82) is 0 Å². The standard InChI is InChI=1S/C17H23N/c1-2-4-12(5-3-1)11-18-17-10-14-6-13-7-15(8-14)16(17)9-13/h1-5,13-18H,6-11H2/t13-,14+,15-,16-,17-/m1/s1. The van der Waals surface area contributed by atoms with Crippen LogP contribution in [0.2, 0.25) is 0 Å². The van der Waals surface area contributed by atoms with E-state index in [-0.39, 0.29) is 0 Å².